The van der Waals surface area contributed by atoms with E-state index in [1.54, 1.807) is 11.8 Å². The number of para-hydroxylation sites is 2. The minimum Gasteiger partial charge on any atom is -0.467 e. The predicted molar refractivity (Wildman–Crippen MR) is 175 cm³/mol. The van der Waals surface area contributed by atoms with Crippen molar-refractivity contribution >= 4 is 45.8 Å². The van der Waals surface area contributed by atoms with Crippen molar-refractivity contribution < 1.29 is 23.5 Å². The van der Waals surface area contributed by atoms with Crippen LogP contribution < -0.4 is 5.32 Å². The lowest BCUT2D eigenvalue weighted by Gasteiger charge is -2.32. The maximum absolute atomic E-state index is 12.5. The molecule has 43 heavy (non-hydrogen) atoms. The van der Waals surface area contributed by atoms with Crippen LogP contribution in [0, 0.1) is 0 Å². The molecule has 0 aliphatic heterocycles. The summed E-state index contributed by atoms with van der Waals surface area (Å²) in [5.74, 6) is 0.161. The van der Waals surface area contributed by atoms with Crippen LogP contribution in [0.5, 0.6) is 0 Å². The Hall–Kier alpha value is -4.23. The summed E-state index contributed by atoms with van der Waals surface area (Å²) in [6, 6.07) is 30.5. The molecule has 5 rings (SSSR count). The van der Waals surface area contributed by atoms with Gasteiger partial charge in [-0.05, 0) is 48.6 Å². The first-order valence-corrected chi connectivity index (χ1v) is 15.5. The number of ether oxygens (including phenoxy) is 2. The lowest BCUT2D eigenvalue weighted by molar-refractivity contribution is -0.143. The van der Waals surface area contributed by atoms with Crippen molar-refractivity contribution in [3.63, 3.8) is 0 Å². The van der Waals surface area contributed by atoms with Crippen LogP contribution in [0.2, 0.25) is 0 Å². The number of thioether (sulfide) groups is 1. The van der Waals surface area contributed by atoms with Gasteiger partial charge >= 0.3 is 12.1 Å². The Balaban J connectivity index is 1.25. The second-order valence-corrected chi connectivity index (χ2v) is 12.7. The number of fused-ring (bicyclic) bond motifs is 3. The van der Waals surface area contributed by atoms with E-state index in [4.69, 9.17) is 13.9 Å². The number of carbonyl (C=O) groups is 2. The van der Waals surface area contributed by atoms with Crippen LogP contribution in [0.3, 0.4) is 0 Å². The maximum atomic E-state index is 12.5. The molecule has 1 aromatic heterocycles. The lowest BCUT2D eigenvalue weighted by atomic mass is 9.98. The van der Waals surface area contributed by atoms with Gasteiger partial charge in [-0.3, -0.25) is 0 Å². The third kappa shape index (κ3) is 6.89. The minimum atomic E-state index is -0.847. The monoisotopic (exact) mass is 595 g/mol. The summed E-state index contributed by atoms with van der Waals surface area (Å²) < 4.78 is 15.8. The quantitative estimate of drug-likeness (QED) is 0.121. The molecule has 0 radical (unpaired) electrons. The number of amides is 1. The second-order valence-electron chi connectivity index (χ2n) is 11.0. The molecule has 222 valence electrons. The fourth-order valence-corrected chi connectivity index (χ4v) is 6.12. The molecule has 7 heteroatoms. The predicted octanol–water partition coefficient (Wildman–Crippen LogP) is 9.00. The number of alkyl carbamates (subject to hydrolysis) is 1. The number of nitrogens with one attached hydrogen (secondary N) is 1. The lowest BCUT2D eigenvalue weighted by Crippen LogP contribution is -2.53. The number of esters is 1. The van der Waals surface area contributed by atoms with Gasteiger partial charge in [0.05, 0.1) is 13.7 Å². The second kappa shape index (κ2) is 13.4. The van der Waals surface area contributed by atoms with Crippen LogP contribution in [0.1, 0.15) is 39.2 Å². The van der Waals surface area contributed by atoms with Gasteiger partial charge in [-0.15, -0.1) is 11.8 Å². The van der Waals surface area contributed by atoms with E-state index in [-0.39, 0.29) is 0 Å². The van der Waals surface area contributed by atoms with Crippen molar-refractivity contribution in [2.24, 2.45) is 0 Å². The Labute approximate surface area is 256 Å². The summed E-state index contributed by atoms with van der Waals surface area (Å²) in [6.07, 6.45) is 1.08. The summed E-state index contributed by atoms with van der Waals surface area (Å²) in [5.41, 5.74) is 7.33. The normalized spacial score (nSPS) is 12.3. The van der Waals surface area contributed by atoms with Crippen molar-refractivity contribution in [2.75, 3.05) is 13.7 Å². The van der Waals surface area contributed by atoms with Crippen LogP contribution in [-0.4, -0.2) is 36.6 Å². The highest BCUT2D eigenvalue weighted by Gasteiger charge is 2.38. The molecule has 5 aromatic rings. The third-order valence-electron chi connectivity index (χ3n) is 7.62. The molecule has 1 N–H and O–H groups in total. The summed E-state index contributed by atoms with van der Waals surface area (Å²) in [7, 11) is 1.32. The van der Waals surface area contributed by atoms with Gasteiger partial charge in [0.2, 0.25) is 0 Å². The Morgan fingerprint density at radius 2 is 1.51 bits per heavy atom. The average Bonchev–Trinajstić information content (AvgIpc) is 3.42. The summed E-state index contributed by atoms with van der Waals surface area (Å²) in [4.78, 5) is 24.8. The van der Waals surface area contributed by atoms with Crippen LogP contribution in [0.4, 0.5) is 4.79 Å². The zero-order valence-corrected chi connectivity index (χ0v) is 25.8. The molecule has 0 saturated heterocycles. The first kappa shape index (κ1) is 30.2. The summed E-state index contributed by atoms with van der Waals surface area (Å²) in [6.45, 7) is 6.18. The van der Waals surface area contributed by atoms with Crippen molar-refractivity contribution in [3.05, 3.63) is 96.6 Å². The Morgan fingerprint density at radius 1 is 0.860 bits per heavy atom. The molecule has 1 amide bonds. The fraction of sp³-hybridized carbons (Fsp3) is 0.278. The molecule has 1 heterocycles. The van der Waals surface area contributed by atoms with Crippen LogP contribution in [0.25, 0.3) is 44.2 Å². The topological polar surface area (TPSA) is 77.8 Å². The number of furan rings is 1. The molecular formula is C36H37NO5S. The number of unbranched alkanes of at least 4 members (excludes halogenated alkanes) is 1. The summed E-state index contributed by atoms with van der Waals surface area (Å²) in [5, 5.41) is 4.95. The highest BCUT2D eigenvalue weighted by atomic mass is 32.2. The maximum Gasteiger partial charge on any atom is 0.407 e. The van der Waals surface area contributed by atoms with Crippen LogP contribution in [-0.2, 0) is 20.0 Å². The molecule has 0 aliphatic rings. The minimum absolute atomic E-state index is 0.316. The molecule has 1 atom stereocenters. The molecule has 0 bridgehead atoms. The van der Waals surface area contributed by atoms with Gasteiger partial charge in [-0.25, -0.2) is 9.59 Å². The van der Waals surface area contributed by atoms with E-state index in [1.807, 2.05) is 39.0 Å². The van der Waals surface area contributed by atoms with Crippen molar-refractivity contribution in [1.29, 1.82) is 0 Å². The first-order valence-electron chi connectivity index (χ1n) is 14.6. The average molecular weight is 596 g/mol. The van der Waals surface area contributed by atoms with Gasteiger partial charge in [0, 0.05) is 26.8 Å². The van der Waals surface area contributed by atoms with Gasteiger partial charge in [-0.1, -0.05) is 98.3 Å². The van der Waals surface area contributed by atoms with E-state index < -0.39 is 22.9 Å². The molecular weight excluding hydrogens is 558 g/mol. The number of hydrogen-bond donors (Lipinski definition) is 1. The van der Waals surface area contributed by atoms with Gasteiger partial charge in [0.1, 0.15) is 17.2 Å². The summed E-state index contributed by atoms with van der Waals surface area (Å²) >= 11 is 1.58. The zero-order valence-electron chi connectivity index (χ0n) is 25.0. The smallest absolute Gasteiger partial charge is 0.407 e. The highest BCUT2D eigenvalue weighted by molar-refractivity contribution is 7.99. The SMILES string of the molecule is CCCCOC(=O)NC(C(=O)OC)C(C)(C)SCc1ccc(-c2ccc(-c3cccc4c3oc3ccccc34)cc2)cc1. The number of benzene rings is 4. The zero-order chi connectivity index (χ0) is 30.4. The third-order valence-corrected chi connectivity index (χ3v) is 9.08. The molecule has 0 aliphatic carbocycles. The highest BCUT2D eigenvalue weighted by Crippen LogP contribution is 2.37. The largest absolute Gasteiger partial charge is 0.467 e. The standard InChI is InChI=1S/C36H37NO5S/c1-5-6-22-41-35(39)37-33(34(38)40-4)36(2,3)43-23-24-14-16-25(17-15-24)26-18-20-27(21-19-26)28-11-9-12-30-29-10-7-8-13-31(29)42-32(28)30/h7-21,33H,5-6,22-23H2,1-4H3,(H,37,39). The van der Waals surface area contributed by atoms with Gasteiger partial charge in [0.15, 0.2) is 0 Å². The van der Waals surface area contributed by atoms with Crippen LogP contribution in [0.15, 0.2) is 95.4 Å². The van der Waals surface area contributed by atoms with Crippen LogP contribution >= 0.6 is 11.8 Å². The van der Waals surface area contributed by atoms with E-state index in [0.29, 0.717) is 12.4 Å². The van der Waals surface area contributed by atoms with E-state index in [0.717, 1.165) is 62.6 Å². The van der Waals surface area contributed by atoms with Crippen molar-refractivity contribution in [1.82, 2.24) is 5.32 Å². The fourth-order valence-electron chi connectivity index (χ4n) is 5.07. The molecule has 0 saturated carbocycles. The van der Waals surface area contributed by atoms with E-state index >= 15 is 0 Å². The van der Waals surface area contributed by atoms with Gasteiger partial charge < -0.3 is 19.2 Å². The Kier molecular flexibility index (Phi) is 9.41. The van der Waals surface area contributed by atoms with E-state index in [9.17, 15) is 9.59 Å². The molecule has 6 nitrogen and oxygen atoms in total. The van der Waals surface area contributed by atoms with E-state index in [1.165, 1.54) is 7.11 Å². The Bertz CT molecular complexity index is 1710. The number of methoxy groups -OCH3 is 1. The van der Waals surface area contributed by atoms with Gasteiger partial charge in [-0.2, -0.15) is 0 Å². The molecule has 0 fully saturated rings. The number of carbonyl (C=O) groups excluding carboxylic acids is 2. The number of hydrogen-bond acceptors (Lipinski definition) is 6. The number of rotatable bonds is 11. The van der Waals surface area contributed by atoms with E-state index in [2.05, 4.69) is 78.1 Å². The molecule has 0 spiro atoms. The Morgan fingerprint density at radius 3 is 2.21 bits per heavy atom. The molecule has 4 aromatic carbocycles. The first-order chi connectivity index (χ1) is 20.8. The van der Waals surface area contributed by atoms with Crippen molar-refractivity contribution in [3.8, 4) is 22.3 Å². The van der Waals surface area contributed by atoms with Crippen molar-refractivity contribution in [2.45, 2.75) is 50.2 Å². The van der Waals surface area contributed by atoms with Gasteiger partial charge in [0.25, 0.3) is 0 Å². The molecule has 1 unspecified atom stereocenters.